The van der Waals surface area contributed by atoms with E-state index < -0.39 is 0 Å². The van der Waals surface area contributed by atoms with Gasteiger partial charge in [0.1, 0.15) is 0 Å². The van der Waals surface area contributed by atoms with E-state index in [-0.39, 0.29) is 11.1 Å². The molecule has 0 spiro atoms. The minimum absolute atomic E-state index is 0.156. The van der Waals surface area contributed by atoms with E-state index in [4.69, 9.17) is 5.73 Å². The molecule has 0 aromatic rings. The number of nitrogens with two attached hydrogens (primary N) is 1. The molecule has 0 bridgehead atoms. The zero-order valence-corrected chi connectivity index (χ0v) is 10.7. The number of carbonyl (C=O) groups is 2. The third-order valence-corrected chi connectivity index (χ3v) is 4.19. The topological polar surface area (TPSA) is 63.4 Å². The normalized spacial score (nSPS) is 25.0. The van der Waals surface area contributed by atoms with E-state index in [9.17, 15) is 9.59 Å². The molecule has 0 aromatic heterocycles. The second-order valence-corrected chi connectivity index (χ2v) is 5.54. The monoisotopic (exact) mass is 254 g/mol. The third-order valence-electron chi connectivity index (χ3n) is 3.26. The summed E-state index contributed by atoms with van der Waals surface area (Å²) < 4.78 is 0. The van der Waals surface area contributed by atoms with E-state index in [1.54, 1.807) is 0 Å². The first-order valence-corrected chi connectivity index (χ1v) is 6.99. The molecule has 2 aliphatic rings. The molecule has 2 rings (SSSR count). The SMILES string of the molecule is NCCN1C(=O)SC(=CC2CCCCC2)C1=O. The highest BCUT2D eigenvalue weighted by Crippen LogP contribution is 2.34. The lowest BCUT2D eigenvalue weighted by Gasteiger charge is -2.18. The third kappa shape index (κ3) is 2.90. The molecule has 2 amide bonds. The number of hydrogen-bond acceptors (Lipinski definition) is 4. The van der Waals surface area contributed by atoms with Crippen LogP contribution in [-0.2, 0) is 4.79 Å². The van der Waals surface area contributed by atoms with Crippen LogP contribution in [0.4, 0.5) is 4.79 Å². The van der Waals surface area contributed by atoms with E-state index in [1.807, 2.05) is 6.08 Å². The van der Waals surface area contributed by atoms with Gasteiger partial charge in [-0.1, -0.05) is 25.3 Å². The van der Waals surface area contributed by atoms with Gasteiger partial charge in [0.05, 0.1) is 4.91 Å². The molecule has 1 saturated heterocycles. The standard InChI is InChI=1S/C12H18N2O2S/c13-6-7-14-11(15)10(17-12(14)16)8-9-4-2-1-3-5-9/h8-9H,1-7,13H2. The largest absolute Gasteiger partial charge is 0.329 e. The molecule has 94 valence electrons. The quantitative estimate of drug-likeness (QED) is 0.783. The van der Waals surface area contributed by atoms with Crippen LogP contribution in [0, 0.1) is 5.92 Å². The van der Waals surface area contributed by atoms with Gasteiger partial charge >= 0.3 is 0 Å². The lowest BCUT2D eigenvalue weighted by atomic mass is 9.89. The smallest absolute Gasteiger partial charge is 0.293 e. The Labute approximate surface area is 106 Å². The van der Waals surface area contributed by atoms with E-state index in [1.165, 1.54) is 24.2 Å². The van der Waals surface area contributed by atoms with Crippen molar-refractivity contribution in [2.75, 3.05) is 13.1 Å². The molecule has 1 heterocycles. The van der Waals surface area contributed by atoms with Crippen LogP contribution in [0.25, 0.3) is 0 Å². The van der Waals surface area contributed by atoms with Crippen LogP contribution < -0.4 is 5.73 Å². The summed E-state index contributed by atoms with van der Waals surface area (Å²) in [5, 5.41) is -0.178. The summed E-state index contributed by atoms with van der Waals surface area (Å²) >= 11 is 1.06. The predicted molar refractivity (Wildman–Crippen MR) is 68.4 cm³/mol. The van der Waals surface area contributed by atoms with Crippen LogP contribution in [0.15, 0.2) is 11.0 Å². The number of hydrogen-bond donors (Lipinski definition) is 1. The van der Waals surface area contributed by atoms with Gasteiger partial charge in [-0.15, -0.1) is 0 Å². The van der Waals surface area contributed by atoms with E-state index in [2.05, 4.69) is 0 Å². The number of rotatable bonds is 3. The van der Waals surface area contributed by atoms with Crippen LogP contribution >= 0.6 is 11.8 Å². The summed E-state index contributed by atoms with van der Waals surface area (Å²) in [5.41, 5.74) is 5.39. The van der Waals surface area contributed by atoms with Crippen LogP contribution in [0.1, 0.15) is 32.1 Å². The van der Waals surface area contributed by atoms with Crippen molar-refractivity contribution < 1.29 is 9.59 Å². The van der Waals surface area contributed by atoms with Crippen LogP contribution in [0.5, 0.6) is 0 Å². The Morgan fingerprint density at radius 3 is 2.65 bits per heavy atom. The summed E-state index contributed by atoms with van der Waals surface area (Å²) in [6, 6.07) is 0. The van der Waals surface area contributed by atoms with Crippen LogP contribution in [-0.4, -0.2) is 29.1 Å². The van der Waals surface area contributed by atoms with Gasteiger partial charge in [-0.25, -0.2) is 0 Å². The van der Waals surface area contributed by atoms with Crippen LogP contribution in [0.3, 0.4) is 0 Å². The van der Waals surface area contributed by atoms with Crippen molar-refractivity contribution in [3.8, 4) is 0 Å². The maximum Gasteiger partial charge on any atom is 0.293 e. The fourth-order valence-electron chi connectivity index (χ4n) is 2.35. The molecule has 0 unspecified atom stereocenters. The molecule has 2 fully saturated rings. The summed E-state index contributed by atoms with van der Waals surface area (Å²) in [6.45, 7) is 0.654. The van der Waals surface area contributed by atoms with Gasteiger partial charge in [0.15, 0.2) is 0 Å². The number of imide groups is 1. The minimum atomic E-state index is -0.178. The molecule has 2 N–H and O–H groups in total. The van der Waals surface area contributed by atoms with Crippen molar-refractivity contribution in [3.05, 3.63) is 11.0 Å². The lowest BCUT2D eigenvalue weighted by Crippen LogP contribution is -2.33. The first-order valence-electron chi connectivity index (χ1n) is 6.18. The Balaban J connectivity index is 2.04. The zero-order valence-electron chi connectivity index (χ0n) is 9.85. The number of carbonyl (C=O) groups excluding carboxylic acids is 2. The van der Waals surface area contributed by atoms with Crippen molar-refractivity contribution in [2.45, 2.75) is 32.1 Å². The predicted octanol–water partition coefficient (Wildman–Crippen LogP) is 2.10. The molecule has 0 radical (unpaired) electrons. The Morgan fingerprint density at radius 1 is 1.29 bits per heavy atom. The molecule has 0 aromatic carbocycles. The first-order chi connectivity index (χ1) is 8.22. The fraction of sp³-hybridized carbons (Fsp3) is 0.667. The molecule has 1 saturated carbocycles. The van der Waals surface area contributed by atoms with Crippen LogP contribution in [0.2, 0.25) is 0 Å². The van der Waals surface area contributed by atoms with Crippen molar-refractivity contribution >= 4 is 22.9 Å². The van der Waals surface area contributed by atoms with Gasteiger partial charge in [-0.05, 0) is 30.5 Å². The number of thioether (sulfide) groups is 1. The van der Waals surface area contributed by atoms with Gasteiger partial charge in [0.2, 0.25) is 0 Å². The molecule has 0 atom stereocenters. The van der Waals surface area contributed by atoms with Gasteiger partial charge in [-0.2, -0.15) is 0 Å². The second kappa shape index (κ2) is 5.69. The van der Waals surface area contributed by atoms with Crippen molar-refractivity contribution in [1.82, 2.24) is 4.90 Å². The summed E-state index contributed by atoms with van der Waals surface area (Å²) in [7, 11) is 0. The van der Waals surface area contributed by atoms with Crippen molar-refractivity contribution in [3.63, 3.8) is 0 Å². The summed E-state index contributed by atoms with van der Waals surface area (Å²) in [5.74, 6) is 0.317. The Bertz CT molecular complexity index is 348. The zero-order chi connectivity index (χ0) is 12.3. The number of nitrogens with zero attached hydrogens (tertiary/aromatic N) is 1. The minimum Gasteiger partial charge on any atom is -0.329 e. The number of amides is 2. The fourth-order valence-corrected chi connectivity index (χ4v) is 3.28. The highest BCUT2D eigenvalue weighted by Gasteiger charge is 2.34. The maximum atomic E-state index is 11.9. The molecule has 17 heavy (non-hydrogen) atoms. The molecule has 1 aliphatic heterocycles. The van der Waals surface area contributed by atoms with Crippen molar-refractivity contribution in [1.29, 1.82) is 0 Å². The maximum absolute atomic E-state index is 11.9. The van der Waals surface area contributed by atoms with Crippen molar-refractivity contribution in [2.24, 2.45) is 11.7 Å². The first kappa shape index (κ1) is 12.6. The molecular formula is C12H18N2O2S. The lowest BCUT2D eigenvalue weighted by molar-refractivity contribution is -0.122. The highest BCUT2D eigenvalue weighted by molar-refractivity contribution is 8.18. The molecule has 1 aliphatic carbocycles. The molecule has 4 nitrogen and oxygen atoms in total. The van der Waals surface area contributed by atoms with Gasteiger partial charge in [0, 0.05) is 13.1 Å². The van der Waals surface area contributed by atoms with Gasteiger partial charge in [0.25, 0.3) is 11.1 Å². The van der Waals surface area contributed by atoms with E-state index >= 15 is 0 Å². The second-order valence-electron chi connectivity index (χ2n) is 4.54. The summed E-state index contributed by atoms with van der Waals surface area (Å²) in [4.78, 5) is 25.4. The van der Waals surface area contributed by atoms with Gasteiger partial charge in [-0.3, -0.25) is 14.5 Å². The van der Waals surface area contributed by atoms with Gasteiger partial charge < -0.3 is 5.73 Å². The average molecular weight is 254 g/mol. The average Bonchev–Trinajstić information content (AvgIpc) is 2.59. The highest BCUT2D eigenvalue weighted by atomic mass is 32.2. The molecular weight excluding hydrogens is 236 g/mol. The Kier molecular flexibility index (Phi) is 4.23. The number of allylic oxidation sites excluding steroid dienone is 1. The summed E-state index contributed by atoms with van der Waals surface area (Å²) in [6.07, 6.45) is 8.03. The molecule has 5 heteroatoms. The van der Waals surface area contributed by atoms with E-state index in [0.717, 1.165) is 24.6 Å². The van der Waals surface area contributed by atoms with E-state index in [0.29, 0.717) is 23.9 Å². The Hall–Kier alpha value is -0.810. The Morgan fingerprint density at radius 2 is 2.00 bits per heavy atom.